The molecule has 34 heavy (non-hydrogen) atoms. The van der Waals surface area contributed by atoms with Crippen molar-refractivity contribution in [3.63, 3.8) is 0 Å². The number of hydrogen-bond donors (Lipinski definition) is 0. The van der Waals surface area contributed by atoms with Gasteiger partial charge in [-0.25, -0.2) is 0 Å². The van der Waals surface area contributed by atoms with Crippen LogP contribution in [0.2, 0.25) is 0 Å². The smallest absolute Gasteiger partial charge is 0.241 e. The minimum Gasteiger partial charge on any atom is -0.342 e. The van der Waals surface area contributed by atoms with Crippen LogP contribution in [0.25, 0.3) is 11.4 Å². The van der Waals surface area contributed by atoms with Crippen molar-refractivity contribution in [3.05, 3.63) is 71.6 Å². The molecule has 5 rings (SSSR count). The van der Waals surface area contributed by atoms with Gasteiger partial charge in [-0.1, -0.05) is 65.3 Å². The SMILES string of the molecule is Cc1ccc(-c2noc(CN3CCCC(C(=O)N4CCC(Cc5ccccc5)CC4)C3)n2)cc1. The Kier molecular flexibility index (Phi) is 7.05. The predicted molar refractivity (Wildman–Crippen MR) is 132 cm³/mol. The van der Waals surface area contributed by atoms with Crippen LogP contribution in [0, 0.1) is 18.8 Å². The molecule has 2 fully saturated rings. The molecule has 0 aliphatic carbocycles. The summed E-state index contributed by atoms with van der Waals surface area (Å²) in [5.74, 6) is 2.31. The summed E-state index contributed by atoms with van der Waals surface area (Å²) < 4.78 is 5.53. The first kappa shape index (κ1) is 22.8. The molecule has 178 valence electrons. The number of hydrogen-bond acceptors (Lipinski definition) is 5. The van der Waals surface area contributed by atoms with E-state index < -0.39 is 0 Å². The second-order valence-electron chi connectivity index (χ2n) is 9.91. The van der Waals surface area contributed by atoms with E-state index in [0.29, 0.717) is 30.1 Å². The molecule has 0 radical (unpaired) electrons. The Hall–Kier alpha value is -2.99. The van der Waals surface area contributed by atoms with Gasteiger partial charge in [0.2, 0.25) is 17.6 Å². The first-order valence-corrected chi connectivity index (χ1v) is 12.6. The van der Waals surface area contributed by atoms with Crippen LogP contribution in [0.5, 0.6) is 0 Å². The Morgan fingerprint density at radius 1 is 1.00 bits per heavy atom. The minimum absolute atomic E-state index is 0.0684. The van der Waals surface area contributed by atoms with Gasteiger partial charge >= 0.3 is 0 Å². The second kappa shape index (κ2) is 10.5. The number of carbonyl (C=O) groups is 1. The van der Waals surface area contributed by atoms with Crippen molar-refractivity contribution in [2.24, 2.45) is 11.8 Å². The van der Waals surface area contributed by atoms with Crippen LogP contribution in [0.15, 0.2) is 59.1 Å². The number of piperidine rings is 2. The minimum atomic E-state index is 0.0684. The Labute approximate surface area is 202 Å². The molecule has 1 aromatic heterocycles. The van der Waals surface area contributed by atoms with Gasteiger partial charge in [-0.2, -0.15) is 4.98 Å². The summed E-state index contributed by atoms with van der Waals surface area (Å²) in [7, 11) is 0. The predicted octanol–water partition coefficient (Wildman–Crippen LogP) is 4.74. The molecule has 2 aliphatic rings. The summed E-state index contributed by atoms with van der Waals surface area (Å²) in [6.07, 6.45) is 5.31. The molecule has 1 atom stereocenters. The van der Waals surface area contributed by atoms with Crippen LogP contribution in [-0.4, -0.2) is 52.0 Å². The number of rotatable bonds is 6. The monoisotopic (exact) mass is 458 g/mol. The molecule has 0 bridgehead atoms. The molecule has 2 aromatic carbocycles. The highest BCUT2D eigenvalue weighted by molar-refractivity contribution is 5.79. The molecule has 0 saturated carbocycles. The summed E-state index contributed by atoms with van der Waals surface area (Å²) in [5, 5.41) is 4.16. The summed E-state index contributed by atoms with van der Waals surface area (Å²) in [5.41, 5.74) is 3.57. The molecule has 1 unspecified atom stereocenters. The number of carbonyl (C=O) groups excluding carboxylic acids is 1. The van der Waals surface area contributed by atoms with E-state index in [1.165, 1.54) is 11.1 Å². The van der Waals surface area contributed by atoms with E-state index in [1.54, 1.807) is 0 Å². The van der Waals surface area contributed by atoms with Crippen molar-refractivity contribution in [2.75, 3.05) is 26.2 Å². The lowest BCUT2D eigenvalue weighted by atomic mass is 9.89. The zero-order valence-electron chi connectivity index (χ0n) is 20.0. The van der Waals surface area contributed by atoms with Gasteiger partial charge in [0, 0.05) is 25.2 Å². The van der Waals surface area contributed by atoms with Crippen LogP contribution < -0.4 is 0 Å². The van der Waals surface area contributed by atoms with E-state index in [2.05, 4.69) is 69.3 Å². The molecule has 0 N–H and O–H groups in total. The fourth-order valence-corrected chi connectivity index (χ4v) is 5.29. The van der Waals surface area contributed by atoms with Gasteiger partial charge < -0.3 is 9.42 Å². The van der Waals surface area contributed by atoms with E-state index in [0.717, 1.165) is 63.8 Å². The molecule has 1 amide bonds. The van der Waals surface area contributed by atoms with E-state index >= 15 is 0 Å². The lowest BCUT2D eigenvalue weighted by Crippen LogP contribution is -2.47. The molecular formula is C28H34N4O2. The van der Waals surface area contributed by atoms with Crippen LogP contribution in [0.1, 0.15) is 42.7 Å². The number of likely N-dealkylation sites (tertiary alicyclic amines) is 2. The quantitative estimate of drug-likeness (QED) is 0.534. The van der Waals surface area contributed by atoms with Gasteiger partial charge in [0.05, 0.1) is 12.5 Å². The van der Waals surface area contributed by atoms with Crippen LogP contribution in [0.3, 0.4) is 0 Å². The number of aromatic nitrogens is 2. The molecule has 6 heteroatoms. The highest BCUT2D eigenvalue weighted by atomic mass is 16.5. The third kappa shape index (κ3) is 5.55. The van der Waals surface area contributed by atoms with Gasteiger partial charge in [-0.3, -0.25) is 9.69 Å². The number of aryl methyl sites for hydroxylation is 1. The third-order valence-corrected chi connectivity index (χ3v) is 7.28. The summed E-state index contributed by atoms with van der Waals surface area (Å²) >= 11 is 0. The summed E-state index contributed by atoms with van der Waals surface area (Å²) in [6, 6.07) is 18.8. The van der Waals surface area contributed by atoms with Gasteiger partial charge in [0.1, 0.15) is 0 Å². The standard InChI is InChI=1S/C28H34N4O2/c1-21-9-11-24(12-10-21)27-29-26(34-30-27)20-31-15-5-8-25(19-31)28(33)32-16-13-23(14-17-32)18-22-6-3-2-4-7-22/h2-4,6-7,9-12,23,25H,5,8,13-20H2,1H3. The summed E-state index contributed by atoms with van der Waals surface area (Å²) in [4.78, 5) is 22.3. The molecule has 6 nitrogen and oxygen atoms in total. The zero-order chi connectivity index (χ0) is 23.3. The molecule has 3 aromatic rings. The highest BCUT2D eigenvalue weighted by Crippen LogP contribution is 2.26. The van der Waals surface area contributed by atoms with Gasteiger partial charge in [-0.05, 0) is 57.1 Å². The number of nitrogens with zero attached hydrogens (tertiary/aromatic N) is 4. The lowest BCUT2D eigenvalue weighted by Gasteiger charge is -2.37. The van der Waals surface area contributed by atoms with Gasteiger partial charge in [0.15, 0.2) is 0 Å². The van der Waals surface area contributed by atoms with Crippen molar-refractivity contribution >= 4 is 5.91 Å². The first-order chi connectivity index (χ1) is 16.6. The Morgan fingerprint density at radius 2 is 1.76 bits per heavy atom. The zero-order valence-corrected chi connectivity index (χ0v) is 20.0. The summed E-state index contributed by atoms with van der Waals surface area (Å²) in [6.45, 7) is 6.16. The average molecular weight is 459 g/mol. The molecule has 3 heterocycles. The number of benzene rings is 2. The Balaban J connectivity index is 1.12. The van der Waals surface area contributed by atoms with E-state index in [1.807, 2.05) is 12.1 Å². The maximum atomic E-state index is 13.3. The van der Waals surface area contributed by atoms with Crippen LogP contribution >= 0.6 is 0 Å². The van der Waals surface area contributed by atoms with E-state index in [9.17, 15) is 4.79 Å². The van der Waals surface area contributed by atoms with Crippen LogP contribution in [0.4, 0.5) is 0 Å². The number of amides is 1. The third-order valence-electron chi connectivity index (χ3n) is 7.28. The largest absolute Gasteiger partial charge is 0.342 e. The van der Waals surface area contributed by atoms with Gasteiger partial charge in [0.25, 0.3) is 0 Å². The fourth-order valence-electron chi connectivity index (χ4n) is 5.29. The average Bonchev–Trinajstić information content (AvgIpc) is 3.34. The Morgan fingerprint density at radius 3 is 2.53 bits per heavy atom. The van der Waals surface area contributed by atoms with Crippen LogP contribution in [-0.2, 0) is 17.8 Å². The molecule has 2 aliphatic heterocycles. The van der Waals surface area contributed by atoms with Crippen molar-refractivity contribution in [3.8, 4) is 11.4 Å². The topological polar surface area (TPSA) is 62.5 Å². The van der Waals surface area contributed by atoms with E-state index in [-0.39, 0.29) is 5.92 Å². The maximum absolute atomic E-state index is 13.3. The van der Waals surface area contributed by atoms with Crippen molar-refractivity contribution in [1.29, 1.82) is 0 Å². The fraction of sp³-hybridized carbons (Fsp3) is 0.464. The molecule has 0 spiro atoms. The second-order valence-corrected chi connectivity index (χ2v) is 9.91. The van der Waals surface area contributed by atoms with Crippen molar-refractivity contribution in [1.82, 2.24) is 19.9 Å². The molecule has 2 saturated heterocycles. The van der Waals surface area contributed by atoms with Gasteiger partial charge in [-0.15, -0.1) is 0 Å². The Bertz CT molecular complexity index is 1070. The normalized spacial score (nSPS) is 19.9. The lowest BCUT2D eigenvalue weighted by molar-refractivity contribution is -0.138. The van der Waals surface area contributed by atoms with Crippen molar-refractivity contribution in [2.45, 2.75) is 45.6 Å². The van der Waals surface area contributed by atoms with E-state index in [4.69, 9.17) is 4.52 Å². The molecular weight excluding hydrogens is 424 g/mol. The maximum Gasteiger partial charge on any atom is 0.241 e. The highest BCUT2D eigenvalue weighted by Gasteiger charge is 2.32. The van der Waals surface area contributed by atoms with Crippen molar-refractivity contribution < 1.29 is 9.32 Å². The first-order valence-electron chi connectivity index (χ1n) is 12.6.